The van der Waals surface area contributed by atoms with Crippen molar-refractivity contribution in [3.05, 3.63) is 0 Å². The van der Waals surface area contributed by atoms with Crippen LogP contribution in [0.1, 0.15) is 58.3 Å². The summed E-state index contributed by atoms with van der Waals surface area (Å²) in [5.41, 5.74) is 0. The highest BCUT2D eigenvalue weighted by molar-refractivity contribution is 7.97. The molecule has 134 valence electrons. The Bertz CT molecular complexity index is 471. The standard InChI is InChI=1S/C12H19O2S.C4H10O3S/c13-11-5-7-15(8-6-11)9-12(14)10-3-1-2-4-10;1-2-3-4-8(5,6)7/h10H,1-9H2;2-4H2,1H3,(H,5,6,7)/q+1;/p-1. The number of carbonyl (C=O) groups is 2. The van der Waals surface area contributed by atoms with E-state index in [-0.39, 0.29) is 16.6 Å². The lowest BCUT2D eigenvalue weighted by Gasteiger charge is -2.14. The van der Waals surface area contributed by atoms with Crippen molar-refractivity contribution in [2.45, 2.75) is 58.3 Å². The molecule has 7 heteroatoms. The summed E-state index contributed by atoms with van der Waals surface area (Å²) in [5.74, 6) is 3.78. The molecule has 0 unspecified atom stereocenters. The minimum Gasteiger partial charge on any atom is -0.748 e. The van der Waals surface area contributed by atoms with Gasteiger partial charge in [-0.1, -0.05) is 26.2 Å². The van der Waals surface area contributed by atoms with Crippen molar-refractivity contribution >= 4 is 32.6 Å². The first kappa shape index (κ1) is 20.6. The summed E-state index contributed by atoms with van der Waals surface area (Å²) in [6, 6.07) is 0. The third-order valence-corrected chi connectivity index (χ3v) is 7.29. The molecule has 0 aromatic carbocycles. The Kier molecular flexibility index (Phi) is 9.39. The van der Waals surface area contributed by atoms with E-state index in [0.717, 1.165) is 49.4 Å². The molecule has 0 N–H and O–H groups in total. The highest BCUT2D eigenvalue weighted by Gasteiger charge is 2.32. The average molecular weight is 365 g/mol. The molecule has 5 nitrogen and oxygen atoms in total. The van der Waals surface area contributed by atoms with Crippen LogP contribution >= 0.6 is 0 Å². The molecular formula is C16H28O5S2. The van der Waals surface area contributed by atoms with Crippen LogP contribution in [-0.2, 0) is 30.6 Å². The van der Waals surface area contributed by atoms with Gasteiger partial charge < -0.3 is 4.55 Å². The third kappa shape index (κ3) is 9.47. The molecule has 0 atom stereocenters. The zero-order valence-corrected chi connectivity index (χ0v) is 15.6. The molecule has 1 saturated heterocycles. The van der Waals surface area contributed by atoms with Crippen LogP contribution in [0.5, 0.6) is 0 Å². The predicted octanol–water partition coefficient (Wildman–Crippen LogP) is 2.06. The van der Waals surface area contributed by atoms with Crippen LogP contribution < -0.4 is 0 Å². The maximum Gasteiger partial charge on any atom is 0.184 e. The fourth-order valence-electron chi connectivity index (χ4n) is 2.78. The lowest BCUT2D eigenvalue weighted by Crippen LogP contribution is -2.31. The fourth-order valence-corrected chi connectivity index (χ4v) is 5.58. The number of hydrogen-bond acceptors (Lipinski definition) is 5. The Balaban J connectivity index is 0.000000284. The molecule has 1 aliphatic heterocycles. The van der Waals surface area contributed by atoms with E-state index in [1.807, 2.05) is 6.92 Å². The van der Waals surface area contributed by atoms with Gasteiger partial charge in [-0.2, -0.15) is 0 Å². The summed E-state index contributed by atoms with van der Waals surface area (Å²) < 4.78 is 29.5. The van der Waals surface area contributed by atoms with Gasteiger partial charge in [-0.15, -0.1) is 0 Å². The maximum atomic E-state index is 11.9. The molecule has 1 heterocycles. The highest BCUT2D eigenvalue weighted by atomic mass is 32.2. The molecule has 2 fully saturated rings. The van der Waals surface area contributed by atoms with E-state index in [0.29, 0.717) is 23.9 Å². The molecule has 2 aliphatic rings. The number of carbonyl (C=O) groups excluding carboxylic acids is 2. The normalized spacial score (nSPS) is 20.2. The summed E-state index contributed by atoms with van der Waals surface area (Å²) >= 11 is 0. The van der Waals surface area contributed by atoms with Crippen LogP contribution in [0, 0.1) is 5.92 Å². The van der Waals surface area contributed by atoms with Gasteiger partial charge in [-0.25, -0.2) is 8.42 Å². The van der Waals surface area contributed by atoms with Gasteiger partial charge in [0.15, 0.2) is 11.5 Å². The Labute approximate surface area is 142 Å². The molecule has 0 bridgehead atoms. The van der Waals surface area contributed by atoms with Gasteiger partial charge in [-0.05, 0) is 30.2 Å². The Hall–Kier alpha value is -0.400. The first-order chi connectivity index (χ1) is 10.8. The summed E-state index contributed by atoms with van der Waals surface area (Å²) in [7, 11) is -3.70. The molecule has 0 amide bonds. The third-order valence-electron chi connectivity index (χ3n) is 4.24. The minimum atomic E-state index is -3.94. The van der Waals surface area contributed by atoms with Crippen molar-refractivity contribution in [1.29, 1.82) is 0 Å². The summed E-state index contributed by atoms with van der Waals surface area (Å²) in [6.07, 6.45) is 7.39. The zero-order valence-electron chi connectivity index (χ0n) is 13.9. The quantitative estimate of drug-likeness (QED) is 0.531. The van der Waals surface area contributed by atoms with Crippen molar-refractivity contribution in [3.63, 3.8) is 0 Å². The smallest absolute Gasteiger partial charge is 0.184 e. The van der Waals surface area contributed by atoms with Crippen molar-refractivity contribution in [1.82, 2.24) is 0 Å². The zero-order chi connectivity index (χ0) is 17.3. The van der Waals surface area contributed by atoms with Crippen molar-refractivity contribution < 1.29 is 22.6 Å². The second-order valence-electron chi connectivity index (χ2n) is 6.27. The first-order valence-corrected chi connectivity index (χ1v) is 11.7. The maximum absolute atomic E-state index is 11.9. The number of Topliss-reactive ketones (excluding diaryl/α,β-unsaturated/α-hetero) is 2. The molecule has 1 saturated carbocycles. The van der Waals surface area contributed by atoms with Gasteiger partial charge >= 0.3 is 0 Å². The topological polar surface area (TPSA) is 91.3 Å². The van der Waals surface area contributed by atoms with Crippen molar-refractivity contribution in [3.8, 4) is 0 Å². The highest BCUT2D eigenvalue weighted by Crippen LogP contribution is 2.26. The predicted molar refractivity (Wildman–Crippen MR) is 92.6 cm³/mol. The van der Waals surface area contributed by atoms with Gasteiger partial charge in [0.2, 0.25) is 0 Å². The van der Waals surface area contributed by atoms with Gasteiger partial charge in [0.1, 0.15) is 17.3 Å². The van der Waals surface area contributed by atoms with E-state index in [2.05, 4.69) is 0 Å². The Morgan fingerprint density at radius 3 is 2.22 bits per heavy atom. The summed E-state index contributed by atoms with van der Waals surface area (Å²) in [5, 5.41) is 0. The molecule has 0 radical (unpaired) electrons. The summed E-state index contributed by atoms with van der Waals surface area (Å²) in [6.45, 7) is 1.84. The number of hydrogen-bond donors (Lipinski definition) is 0. The molecule has 0 aromatic heterocycles. The second-order valence-corrected chi connectivity index (χ2v) is 10.1. The lowest BCUT2D eigenvalue weighted by molar-refractivity contribution is -0.120. The Morgan fingerprint density at radius 2 is 1.78 bits per heavy atom. The van der Waals surface area contributed by atoms with E-state index in [1.165, 1.54) is 12.8 Å². The number of unbranched alkanes of at least 4 members (excludes halogenated alkanes) is 1. The molecule has 23 heavy (non-hydrogen) atoms. The van der Waals surface area contributed by atoms with E-state index < -0.39 is 10.1 Å². The van der Waals surface area contributed by atoms with Crippen LogP contribution in [0.4, 0.5) is 0 Å². The van der Waals surface area contributed by atoms with Crippen LogP contribution in [0.15, 0.2) is 0 Å². The van der Waals surface area contributed by atoms with Gasteiger partial charge in [0.25, 0.3) is 0 Å². The van der Waals surface area contributed by atoms with Gasteiger partial charge in [0, 0.05) is 11.7 Å². The molecule has 1 aliphatic carbocycles. The fraction of sp³-hybridized carbons (Fsp3) is 0.875. The summed E-state index contributed by atoms with van der Waals surface area (Å²) in [4.78, 5) is 23.0. The molecule has 0 spiro atoms. The largest absolute Gasteiger partial charge is 0.748 e. The van der Waals surface area contributed by atoms with Gasteiger partial charge in [0.05, 0.1) is 23.0 Å². The van der Waals surface area contributed by atoms with E-state index in [4.69, 9.17) is 0 Å². The van der Waals surface area contributed by atoms with Crippen LogP contribution in [0.25, 0.3) is 0 Å². The molecule has 2 rings (SSSR count). The van der Waals surface area contributed by atoms with Crippen molar-refractivity contribution in [2.75, 3.05) is 23.0 Å². The van der Waals surface area contributed by atoms with E-state index in [9.17, 15) is 22.6 Å². The second kappa shape index (κ2) is 10.5. The minimum absolute atomic E-state index is 0.219. The molecule has 0 aromatic rings. The number of ketones is 2. The van der Waals surface area contributed by atoms with Crippen molar-refractivity contribution in [2.24, 2.45) is 5.92 Å². The average Bonchev–Trinajstić information content (AvgIpc) is 3.02. The van der Waals surface area contributed by atoms with Crippen LogP contribution in [-0.4, -0.2) is 47.5 Å². The van der Waals surface area contributed by atoms with Crippen LogP contribution in [0.3, 0.4) is 0 Å². The van der Waals surface area contributed by atoms with E-state index >= 15 is 0 Å². The van der Waals surface area contributed by atoms with Gasteiger partial charge in [-0.3, -0.25) is 9.59 Å². The first-order valence-electron chi connectivity index (χ1n) is 8.44. The number of rotatable bonds is 6. The Morgan fingerprint density at radius 1 is 1.22 bits per heavy atom. The monoisotopic (exact) mass is 364 g/mol. The molecular weight excluding hydrogens is 336 g/mol. The van der Waals surface area contributed by atoms with Crippen LogP contribution in [0.2, 0.25) is 0 Å². The van der Waals surface area contributed by atoms with E-state index in [1.54, 1.807) is 0 Å². The SMILES string of the molecule is CCCCS(=O)(=O)[O-].O=C1CC[S+](CC(=O)C2CCCC2)CC1. The lowest BCUT2D eigenvalue weighted by atomic mass is 10.0.